The molecular formula is C12H14N2O2S. The molecule has 17 heavy (non-hydrogen) atoms. The molecule has 2 aromatic heterocycles. The summed E-state index contributed by atoms with van der Waals surface area (Å²) < 4.78 is 5.61. The van der Waals surface area contributed by atoms with Gasteiger partial charge >= 0.3 is 0 Å². The average molecular weight is 250 g/mol. The predicted molar refractivity (Wildman–Crippen MR) is 66.1 cm³/mol. The highest BCUT2D eigenvalue weighted by atomic mass is 32.1. The number of rotatable bonds is 4. The van der Waals surface area contributed by atoms with Crippen molar-refractivity contribution in [3.63, 3.8) is 0 Å². The summed E-state index contributed by atoms with van der Waals surface area (Å²) in [6.07, 6.45) is 0. The maximum atomic E-state index is 9.19. The molecule has 0 radical (unpaired) electrons. The first-order valence-electron chi connectivity index (χ1n) is 5.30. The molecule has 0 unspecified atom stereocenters. The van der Waals surface area contributed by atoms with Crippen LogP contribution in [0.4, 0.5) is 0 Å². The quantitative estimate of drug-likeness (QED) is 0.904. The Labute approximate surface area is 104 Å². The number of hydrogen-bond donors (Lipinski definition) is 1. The molecule has 0 aliphatic rings. The number of ether oxygens (including phenoxy) is 1. The van der Waals surface area contributed by atoms with Crippen molar-refractivity contribution in [2.45, 2.75) is 27.1 Å². The van der Waals surface area contributed by atoms with Crippen molar-refractivity contribution in [1.82, 2.24) is 9.97 Å². The van der Waals surface area contributed by atoms with Gasteiger partial charge < -0.3 is 9.84 Å². The van der Waals surface area contributed by atoms with Crippen molar-refractivity contribution in [3.8, 4) is 5.75 Å². The van der Waals surface area contributed by atoms with E-state index in [1.54, 1.807) is 11.3 Å². The normalized spacial score (nSPS) is 10.5. The molecule has 0 bridgehead atoms. The van der Waals surface area contributed by atoms with Crippen LogP contribution in [-0.2, 0) is 13.2 Å². The number of thiazole rings is 1. The van der Waals surface area contributed by atoms with E-state index in [1.165, 1.54) is 0 Å². The molecule has 4 nitrogen and oxygen atoms in total. The summed E-state index contributed by atoms with van der Waals surface area (Å²) in [6.45, 7) is 4.13. The van der Waals surface area contributed by atoms with Crippen LogP contribution in [0.3, 0.4) is 0 Å². The lowest BCUT2D eigenvalue weighted by molar-refractivity contribution is 0.253. The highest BCUT2D eigenvalue weighted by molar-refractivity contribution is 7.09. The van der Waals surface area contributed by atoms with Gasteiger partial charge in [0.1, 0.15) is 23.1 Å². The first-order valence-corrected chi connectivity index (χ1v) is 6.18. The number of aliphatic hydroxyl groups is 1. The maximum Gasteiger partial charge on any atom is 0.143 e. The molecule has 0 saturated carbocycles. The van der Waals surface area contributed by atoms with Crippen molar-refractivity contribution >= 4 is 11.3 Å². The molecule has 0 aromatic carbocycles. The van der Waals surface area contributed by atoms with Crippen LogP contribution < -0.4 is 4.74 Å². The molecular weight excluding hydrogens is 236 g/mol. The van der Waals surface area contributed by atoms with E-state index < -0.39 is 0 Å². The third-order valence-corrected chi connectivity index (χ3v) is 3.18. The molecule has 0 aliphatic heterocycles. The van der Waals surface area contributed by atoms with E-state index in [1.807, 2.05) is 31.4 Å². The van der Waals surface area contributed by atoms with Crippen molar-refractivity contribution < 1.29 is 9.84 Å². The molecule has 0 saturated heterocycles. The zero-order valence-electron chi connectivity index (χ0n) is 9.80. The molecule has 0 amide bonds. The molecule has 0 spiro atoms. The summed E-state index contributed by atoms with van der Waals surface area (Å²) in [5.41, 5.74) is 2.43. The number of hydrogen-bond acceptors (Lipinski definition) is 5. The van der Waals surface area contributed by atoms with Gasteiger partial charge in [-0.2, -0.15) is 0 Å². The summed E-state index contributed by atoms with van der Waals surface area (Å²) in [5, 5.41) is 12.1. The van der Waals surface area contributed by atoms with Crippen LogP contribution in [0.5, 0.6) is 5.75 Å². The van der Waals surface area contributed by atoms with E-state index in [-0.39, 0.29) is 6.61 Å². The van der Waals surface area contributed by atoms with Crippen LogP contribution >= 0.6 is 11.3 Å². The van der Waals surface area contributed by atoms with Gasteiger partial charge in [0, 0.05) is 16.8 Å². The molecule has 0 atom stereocenters. The minimum atomic E-state index is -0.117. The van der Waals surface area contributed by atoms with Gasteiger partial charge in [-0.25, -0.2) is 4.98 Å². The maximum absolute atomic E-state index is 9.19. The second kappa shape index (κ2) is 5.25. The lowest BCUT2D eigenvalue weighted by atomic mass is 10.3. The van der Waals surface area contributed by atoms with Gasteiger partial charge in [-0.05, 0) is 26.0 Å². The number of pyridine rings is 1. The van der Waals surface area contributed by atoms with Crippen LogP contribution in [0.2, 0.25) is 0 Å². The molecule has 0 aliphatic carbocycles. The van der Waals surface area contributed by atoms with E-state index in [0.717, 1.165) is 16.4 Å². The summed E-state index contributed by atoms with van der Waals surface area (Å²) in [6, 6.07) is 3.69. The van der Waals surface area contributed by atoms with E-state index >= 15 is 0 Å². The van der Waals surface area contributed by atoms with E-state index in [0.29, 0.717) is 18.1 Å². The van der Waals surface area contributed by atoms with Gasteiger partial charge in [0.05, 0.1) is 6.61 Å². The van der Waals surface area contributed by atoms with Crippen molar-refractivity contribution in [1.29, 1.82) is 0 Å². The predicted octanol–water partition coefficient (Wildman–Crippen LogP) is 2.23. The Bertz CT molecular complexity index is 511. The third kappa shape index (κ3) is 3.01. The van der Waals surface area contributed by atoms with Crippen LogP contribution in [0.15, 0.2) is 17.5 Å². The number of aliphatic hydroxyl groups excluding tert-OH is 1. The molecule has 2 aromatic rings. The topological polar surface area (TPSA) is 55.2 Å². The minimum Gasteiger partial charge on any atom is -0.484 e. The SMILES string of the molecule is Cc1csc(COc2ccc(C)nc2CO)n1. The second-order valence-corrected chi connectivity index (χ2v) is 4.67. The van der Waals surface area contributed by atoms with Gasteiger partial charge in [0.2, 0.25) is 0 Å². The molecule has 2 rings (SSSR count). The summed E-state index contributed by atoms with van der Waals surface area (Å²) in [5.74, 6) is 0.617. The van der Waals surface area contributed by atoms with Gasteiger partial charge in [0.25, 0.3) is 0 Å². The van der Waals surface area contributed by atoms with Gasteiger partial charge in [-0.3, -0.25) is 4.98 Å². The standard InChI is InChI=1S/C12H14N2O2S/c1-8-3-4-11(10(5-15)13-8)16-6-12-14-9(2)7-17-12/h3-4,7,15H,5-6H2,1-2H3. The lowest BCUT2D eigenvalue weighted by Gasteiger charge is -2.08. The lowest BCUT2D eigenvalue weighted by Crippen LogP contribution is -2.01. The Kier molecular flexibility index (Phi) is 3.71. The van der Waals surface area contributed by atoms with E-state index in [4.69, 9.17) is 4.74 Å². The van der Waals surface area contributed by atoms with Crippen LogP contribution in [0.1, 0.15) is 22.1 Å². The first-order chi connectivity index (χ1) is 8.19. The highest BCUT2D eigenvalue weighted by Crippen LogP contribution is 2.19. The number of nitrogens with zero attached hydrogens (tertiary/aromatic N) is 2. The molecule has 0 fully saturated rings. The fourth-order valence-electron chi connectivity index (χ4n) is 1.45. The van der Waals surface area contributed by atoms with Crippen LogP contribution in [0, 0.1) is 13.8 Å². The van der Waals surface area contributed by atoms with Gasteiger partial charge in [-0.1, -0.05) is 0 Å². The summed E-state index contributed by atoms with van der Waals surface area (Å²) >= 11 is 1.57. The monoisotopic (exact) mass is 250 g/mol. The smallest absolute Gasteiger partial charge is 0.143 e. The van der Waals surface area contributed by atoms with E-state index in [2.05, 4.69) is 9.97 Å². The fourth-order valence-corrected chi connectivity index (χ4v) is 2.13. The van der Waals surface area contributed by atoms with Crippen molar-refractivity contribution in [3.05, 3.63) is 39.6 Å². The second-order valence-electron chi connectivity index (χ2n) is 3.73. The first kappa shape index (κ1) is 12.0. The molecule has 90 valence electrons. The molecule has 2 heterocycles. The summed E-state index contributed by atoms with van der Waals surface area (Å²) in [7, 11) is 0. The summed E-state index contributed by atoms with van der Waals surface area (Å²) in [4.78, 5) is 8.53. The Balaban J connectivity index is 2.08. The van der Waals surface area contributed by atoms with E-state index in [9.17, 15) is 5.11 Å². The Morgan fingerprint density at radius 2 is 2.06 bits per heavy atom. The van der Waals surface area contributed by atoms with Gasteiger partial charge in [-0.15, -0.1) is 11.3 Å². The Hall–Kier alpha value is -1.46. The average Bonchev–Trinajstić information content (AvgIpc) is 2.73. The van der Waals surface area contributed by atoms with Crippen LogP contribution in [0.25, 0.3) is 0 Å². The minimum absolute atomic E-state index is 0.117. The Morgan fingerprint density at radius 3 is 2.71 bits per heavy atom. The number of aromatic nitrogens is 2. The van der Waals surface area contributed by atoms with Crippen molar-refractivity contribution in [2.75, 3.05) is 0 Å². The number of aryl methyl sites for hydroxylation is 2. The van der Waals surface area contributed by atoms with Crippen LogP contribution in [-0.4, -0.2) is 15.1 Å². The van der Waals surface area contributed by atoms with Crippen molar-refractivity contribution in [2.24, 2.45) is 0 Å². The third-order valence-electron chi connectivity index (χ3n) is 2.24. The molecule has 1 N–H and O–H groups in total. The molecule has 5 heteroatoms. The van der Waals surface area contributed by atoms with Gasteiger partial charge in [0.15, 0.2) is 0 Å². The fraction of sp³-hybridized carbons (Fsp3) is 0.333. The Morgan fingerprint density at radius 1 is 1.24 bits per heavy atom. The zero-order chi connectivity index (χ0) is 12.3. The largest absolute Gasteiger partial charge is 0.484 e. The highest BCUT2D eigenvalue weighted by Gasteiger charge is 2.06. The zero-order valence-corrected chi connectivity index (χ0v) is 10.6.